The summed E-state index contributed by atoms with van der Waals surface area (Å²) in [6, 6.07) is 0. The number of hydrogen-bond acceptors (Lipinski definition) is 6. The van der Waals surface area contributed by atoms with Gasteiger partial charge in [-0.05, 0) is 25.3 Å². The highest BCUT2D eigenvalue weighted by molar-refractivity contribution is 5.30. The molecule has 2 aliphatic heterocycles. The summed E-state index contributed by atoms with van der Waals surface area (Å²) in [7, 11) is 0. The fraction of sp³-hybridized carbons (Fsp3) is 0.733. The van der Waals surface area contributed by atoms with Crippen molar-refractivity contribution in [2.75, 3.05) is 50.9 Å². The number of morpholine rings is 1. The van der Waals surface area contributed by atoms with Gasteiger partial charge < -0.3 is 14.7 Å². The fourth-order valence-electron chi connectivity index (χ4n) is 3.06. The average Bonchev–Trinajstić information content (AvgIpc) is 2.56. The highest BCUT2D eigenvalue weighted by atomic mass is 16.5. The van der Waals surface area contributed by atoms with Gasteiger partial charge in [-0.1, -0.05) is 0 Å². The van der Waals surface area contributed by atoms with Crippen LogP contribution >= 0.6 is 0 Å². The van der Waals surface area contributed by atoms with E-state index in [2.05, 4.69) is 19.8 Å². The van der Waals surface area contributed by atoms with Crippen molar-refractivity contribution in [2.45, 2.75) is 19.4 Å². The monoisotopic (exact) mass is 292 g/mol. The molecule has 1 aromatic heterocycles. The summed E-state index contributed by atoms with van der Waals surface area (Å²) in [5.41, 5.74) is 1.14. The zero-order chi connectivity index (χ0) is 14.5. The zero-order valence-electron chi connectivity index (χ0n) is 12.4. The molecule has 2 saturated heterocycles. The first-order valence-corrected chi connectivity index (χ1v) is 7.82. The van der Waals surface area contributed by atoms with Crippen molar-refractivity contribution < 1.29 is 9.84 Å². The van der Waals surface area contributed by atoms with Gasteiger partial charge in [0, 0.05) is 50.7 Å². The zero-order valence-corrected chi connectivity index (χ0v) is 12.4. The van der Waals surface area contributed by atoms with Crippen molar-refractivity contribution in [3.8, 4) is 0 Å². The smallest absolute Gasteiger partial charge is 0.225 e. The number of aliphatic hydroxyl groups excluding tert-OH is 1. The number of hydrogen-bond donors (Lipinski definition) is 1. The molecule has 6 heteroatoms. The summed E-state index contributed by atoms with van der Waals surface area (Å²) < 4.78 is 5.34. The van der Waals surface area contributed by atoms with E-state index in [1.54, 1.807) is 0 Å². The van der Waals surface area contributed by atoms with E-state index in [9.17, 15) is 5.11 Å². The first-order chi connectivity index (χ1) is 10.3. The van der Waals surface area contributed by atoms with E-state index in [0.29, 0.717) is 12.5 Å². The van der Waals surface area contributed by atoms with Crippen LogP contribution in [-0.4, -0.2) is 66.0 Å². The molecule has 0 aliphatic carbocycles. The number of likely N-dealkylation sites (tertiary alicyclic amines) is 1. The van der Waals surface area contributed by atoms with Crippen LogP contribution in [0.5, 0.6) is 0 Å². The highest BCUT2D eigenvalue weighted by Crippen LogP contribution is 2.18. The molecular weight excluding hydrogens is 268 g/mol. The molecule has 0 spiro atoms. The minimum Gasteiger partial charge on any atom is -0.396 e. The molecule has 0 saturated carbocycles. The summed E-state index contributed by atoms with van der Waals surface area (Å²) in [6.45, 7) is 6.47. The van der Waals surface area contributed by atoms with Crippen LogP contribution in [-0.2, 0) is 11.3 Å². The second kappa shape index (κ2) is 7.15. The molecule has 1 atom stereocenters. The lowest BCUT2D eigenvalue weighted by molar-refractivity contribution is 0.115. The number of ether oxygens (including phenoxy) is 1. The van der Waals surface area contributed by atoms with Crippen LogP contribution in [0.15, 0.2) is 12.4 Å². The number of aliphatic hydroxyl groups is 1. The predicted molar refractivity (Wildman–Crippen MR) is 80.2 cm³/mol. The van der Waals surface area contributed by atoms with Crippen LogP contribution in [0.25, 0.3) is 0 Å². The first kappa shape index (κ1) is 14.7. The van der Waals surface area contributed by atoms with Gasteiger partial charge >= 0.3 is 0 Å². The molecule has 6 nitrogen and oxygen atoms in total. The van der Waals surface area contributed by atoms with Crippen LogP contribution in [0.4, 0.5) is 5.95 Å². The van der Waals surface area contributed by atoms with E-state index in [4.69, 9.17) is 4.74 Å². The first-order valence-electron chi connectivity index (χ1n) is 7.82. The van der Waals surface area contributed by atoms with E-state index >= 15 is 0 Å². The largest absolute Gasteiger partial charge is 0.396 e. The quantitative estimate of drug-likeness (QED) is 0.873. The van der Waals surface area contributed by atoms with Crippen LogP contribution in [0, 0.1) is 5.92 Å². The number of piperidine rings is 1. The molecule has 21 heavy (non-hydrogen) atoms. The third-order valence-corrected chi connectivity index (χ3v) is 4.25. The molecule has 0 unspecified atom stereocenters. The Balaban J connectivity index is 1.56. The average molecular weight is 292 g/mol. The Morgan fingerprint density at radius 3 is 2.67 bits per heavy atom. The van der Waals surface area contributed by atoms with Gasteiger partial charge in [0.1, 0.15) is 0 Å². The SMILES string of the molecule is OC[C@@H]1CCCN(Cc2cnc(N3CCOCC3)nc2)C1. The molecular formula is C15H24N4O2. The van der Waals surface area contributed by atoms with Crippen molar-refractivity contribution in [1.82, 2.24) is 14.9 Å². The van der Waals surface area contributed by atoms with E-state index in [0.717, 1.165) is 70.3 Å². The van der Waals surface area contributed by atoms with Crippen LogP contribution < -0.4 is 4.90 Å². The topological polar surface area (TPSA) is 61.7 Å². The Bertz CT molecular complexity index is 434. The van der Waals surface area contributed by atoms with Crippen LogP contribution in [0.3, 0.4) is 0 Å². The number of aromatic nitrogens is 2. The van der Waals surface area contributed by atoms with Gasteiger partial charge in [-0.2, -0.15) is 0 Å². The predicted octanol–water partition coefficient (Wildman–Crippen LogP) is 0.517. The third-order valence-electron chi connectivity index (χ3n) is 4.25. The van der Waals surface area contributed by atoms with Gasteiger partial charge in [0.2, 0.25) is 5.95 Å². The molecule has 1 aromatic rings. The molecule has 1 N–H and O–H groups in total. The molecule has 3 heterocycles. The maximum absolute atomic E-state index is 9.29. The van der Waals surface area contributed by atoms with Gasteiger partial charge in [0.25, 0.3) is 0 Å². The summed E-state index contributed by atoms with van der Waals surface area (Å²) in [5.74, 6) is 1.22. The maximum Gasteiger partial charge on any atom is 0.225 e. The molecule has 0 bridgehead atoms. The van der Waals surface area contributed by atoms with E-state index in [1.807, 2.05) is 12.4 Å². The van der Waals surface area contributed by atoms with Crippen molar-refractivity contribution in [3.63, 3.8) is 0 Å². The Hall–Kier alpha value is -1.24. The van der Waals surface area contributed by atoms with Crippen LogP contribution in [0.1, 0.15) is 18.4 Å². The van der Waals surface area contributed by atoms with Gasteiger partial charge in [-0.25, -0.2) is 9.97 Å². The minimum absolute atomic E-state index is 0.295. The molecule has 0 radical (unpaired) electrons. The Kier molecular flexibility index (Phi) is 5.00. The Morgan fingerprint density at radius 1 is 1.19 bits per heavy atom. The summed E-state index contributed by atoms with van der Waals surface area (Å²) >= 11 is 0. The van der Waals surface area contributed by atoms with Crippen molar-refractivity contribution in [3.05, 3.63) is 18.0 Å². The van der Waals surface area contributed by atoms with Crippen molar-refractivity contribution in [1.29, 1.82) is 0 Å². The van der Waals surface area contributed by atoms with E-state index in [-0.39, 0.29) is 0 Å². The molecule has 2 fully saturated rings. The lowest BCUT2D eigenvalue weighted by atomic mass is 9.99. The molecule has 0 aromatic carbocycles. The van der Waals surface area contributed by atoms with Gasteiger partial charge in [0.15, 0.2) is 0 Å². The lowest BCUT2D eigenvalue weighted by Crippen LogP contribution is -2.37. The summed E-state index contributed by atoms with van der Waals surface area (Å²) in [6.07, 6.45) is 6.16. The number of anilines is 1. The maximum atomic E-state index is 9.29. The van der Waals surface area contributed by atoms with E-state index < -0.39 is 0 Å². The minimum atomic E-state index is 0.295. The fourth-order valence-corrected chi connectivity index (χ4v) is 3.06. The van der Waals surface area contributed by atoms with Crippen LogP contribution in [0.2, 0.25) is 0 Å². The molecule has 2 aliphatic rings. The lowest BCUT2D eigenvalue weighted by Gasteiger charge is -2.31. The van der Waals surface area contributed by atoms with Crippen molar-refractivity contribution in [2.24, 2.45) is 5.92 Å². The van der Waals surface area contributed by atoms with Gasteiger partial charge in [-0.15, -0.1) is 0 Å². The normalized spacial score (nSPS) is 24.2. The third kappa shape index (κ3) is 3.90. The van der Waals surface area contributed by atoms with Gasteiger partial charge in [-0.3, -0.25) is 4.90 Å². The molecule has 0 amide bonds. The van der Waals surface area contributed by atoms with Gasteiger partial charge in [0.05, 0.1) is 13.2 Å². The Labute approximate surface area is 125 Å². The Morgan fingerprint density at radius 2 is 1.95 bits per heavy atom. The highest BCUT2D eigenvalue weighted by Gasteiger charge is 2.19. The second-order valence-electron chi connectivity index (χ2n) is 5.92. The van der Waals surface area contributed by atoms with E-state index in [1.165, 1.54) is 0 Å². The molecule has 3 rings (SSSR count). The van der Waals surface area contributed by atoms with Crippen molar-refractivity contribution >= 4 is 5.95 Å². The number of nitrogens with zero attached hydrogens (tertiary/aromatic N) is 4. The number of rotatable bonds is 4. The second-order valence-corrected chi connectivity index (χ2v) is 5.92. The standard InChI is InChI=1S/C15H24N4O2/c20-12-13-2-1-3-18(10-13)11-14-8-16-15(17-9-14)19-4-6-21-7-5-19/h8-9,13,20H,1-7,10-12H2/t13-/m1/s1. The molecule has 116 valence electrons. The summed E-state index contributed by atoms with van der Waals surface area (Å²) in [4.78, 5) is 13.5. The summed E-state index contributed by atoms with van der Waals surface area (Å²) in [5, 5.41) is 9.29.